The van der Waals surface area contributed by atoms with Crippen molar-refractivity contribution in [3.8, 4) is 0 Å². The summed E-state index contributed by atoms with van der Waals surface area (Å²) in [6.07, 6.45) is -4.27. The molecule has 8 heteroatoms. The summed E-state index contributed by atoms with van der Waals surface area (Å²) >= 11 is 0. The predicted molar refractivity (Wildman–Crippen MR) is 63.0 cm³/mol. The zero-order valence-corrected chi connectivity index (χ0v) is 11.3. The summed E-state index contributed by atoms with van der Waals surface area (Å²) in [5.41, 5.74) is 0. The maximum Gasteiger partial charge on any atom is 0.368 e. The van der Waals surface area contributed by atoms with Crippen LogP contribution in [0.25, 0.3) is 4.85 Å². The fraction of sp³-hybridized carbons (Fsp3) is 0.667. The molecule has 1 heterocycles. The molecule has 1 saturated heterocycles. The molecule has 1 aliphatic rings. The van der Waals surface area contributed by atoms with E-state index in [1.54, 1.807) is 0 Å². The van der Waals surface area contributed by atoms with Crippen molar-refractivity contribution >= 4 is 17.9 Å². The first-order chi connectivity index (χ1) is 9.35. The van der Waals surface area contributed by atoms with Crippen LogP contribution in [0.1, 0.15) is 20.8 Å². The van der Waals surface area contributed by atoms with Gasteiger partial charge < -0.3 is 18.9 Å². The molecule has 0 bridgehead atoms. The number of rotatable bonds is 3. The molecule has 0 radical (unpaired) electrons. The van der Waals surface area contributed by atoms with Gasteiger partial charge in [0.1, 0.15) is 0 Å². The van der Waals surface area contributed by atoms with Gasteiger partial charge in [0.15, 0.2) is 12.2 Å². The van der Waals surface area contributed by atoms with Crippen molar-refractivity contribution in [3.05, 3.63) is 11.4 Å². The smallest absolute Gasteiger partial charge is 0.368 e. The Labute approximate surface area is 115 Å². The van der Waals surface area contributed by atoms with Gasteiger partial charge in [0.05, 0.1) is 6.61 Å². The minimum Gasteiger partial charge on any atom is -0.456 e. The molecule has 0 aliphatic carbocycles. The van der Waals surface area contributed by atoms with Gasteiger partial charge in [-0.3, -0.25) is 19.2 Å². The zero-order valence-electron chi connectivity index (χ0n) is 11.3. The predicted octanol–water partition coefficient (Wildman–Crippen LogP) is 0.0571. The van der Waals surface area contributed by atoms with E-state index >= 15 is 0 Å². The topological polar surface area (TPSA) is 92.5 Å². The van der Waals surface area contributed by atoms with Crippen molar-refractivity contribution in [1.29, 1.82) is 0 Å². The molecule has 0 aromatic heterocycles. The lowest BCUT2D eigenvalue weighted by Crippen LogP contribution is -2.56. The van der Waals surface area contributed by atoms with E-state index in [0.29, 0.717) is 0 Å². The van der Waals surface area contributed by atoms with Crippen molar-refractivity contribution in [1.82, 2.24) is 0 Å². The van der Waals surface area contributed by atoms with Crippen LogP contribution < -0.4 is 0 Å². The Morgan fingerprint density at radius 3 is 1.95 bits per heavy atom. The van der Waals surface area contributed by atoms with E-state index in [-0.39, 0.29) is 6.61 Å². The third kappa shape index (κ3) is 4.20. The minimum atomic E-state index is -1.15. The molecular formula is C12H15NO7. The maximum absolute atomic E-state index is 11.1. The van der Waals surface area contributed by atoms with Crippen LogP contribution in [-0.2, 0) is 33.3 Å². The van der Waals surface area contributed by atoms with E-state index in [4.69, 9.17) is 25.5 Å². The van der Waals surface area contributed by atoms with Crippen LogP contribution in [0.5, 0.6) is 0 Å². The molecule has 0 amide bonds. The Morgan fingerprint density at radius 1 is 1.00 bits per heavy atom. The number of hydrogen-bond donors (Lipinski definition) is 0. The number of nitrogens with zero attached hydrogens (tertiary/aromatic N) is 1. The Morgan fingerprint density at radius 2 is 1.50 bits per heavy atom. The summed E-state index contributed by atoms with van der Waals surface area (Å²) in [7, 11) is 0. The van der Waals surface area contributed by atoms with Crippen LogP contribution in [-0.4, -0.2) is 49.1 Å². The van der Waals surface area contributed by atoms with Crippen LogP contribution in [0.4, 0.5) is 0 Å². The van der Waals surface area contributed by atoms with Crippen LogP contribution in [0.2, 0.25) is 0 Å². The first kappa shape index (κ1) is 15.9. The van der Waals surface area contributed by atoms with Gasteiger partial charge in [-0.25, -0.2) is 6.57 Å². The Bertz CT molecular complexity index is 442. The van der Waals surface area contributed by atoms with Gasteiger partial charge in [0.25, 0.3) is 0 Å². The van der Waals surface area contributed by atoms with Gasteiger partial charge in [0, 0.05) is 20.8 Å². The van der Waals surface area contributed by atoms with E-state index in [0.717, 1.165) is 13.8 Å². The van der Waals surface area contributed by atoms with Gasteiger partial charge in [-0.15, -0.1) is 0 Å². The molecule has 0 spiro atoms. The number of ether oxygens (including phenoxy) is 4. The average Bonchev–Trinajstić information content (AvgIpc) is 2.31. The van der Waals surface area contributed by atoms with Gasteiger partial charge in [-0.2, -0.15) is 0 Å². The molecule has 20 heavy (non-hydrogen) atoms. The second-order valence-corrected chi connectivity index (χ2v) is 4.15. The second kappa shape index (κ2) is 6.86. The fourth-order valence-corrected chi connectivity index (χ4v) is 1.83. The Hall–Kier alpha value is -2.14. The summed E-state index contributed by atoms with van der Waals surface area (Å²) < 4.78 is 20.1. The van der Waals surface area contributed by atoms with Crippen molar-refractivity contribution in [2.45, 2.75) is 45.3 Å². The third-order valence-electron chi connectivity index (χ3n) is 2.45. The Balaban J connectivity index is 2.99. The lowest BCUT2D eigenvalue weighted by molar-refractivity contribution is -0.219. The Kier molecular flexibility index (Phi) is 5.46. The SMILES string of the molecule is [C-]#[N+][C@@H]1OC[C@@H](OC(C)=O)[C@H](OC(C)=O)[C@H]1OC(C)=O. The monoisotopic (exact) mass is 285 g/mol. The zero-order chi connectivity index (χ0) is 15.3. The molecule has 0 N–H and O–H groups in total. The molecule has 4 atom stereocenters. The fourth-order valence-electron chi connectivity index (χ4n) is 1.83. The van der Waals surface area contributed by atoms with E-state index < -0.39 is 42.4 Å². The number of hydrogen-bond acceptors (Lipinski definition) is 7. The number of esters is 3. The average molecular weight is 285 g/mol. The molecule has 0 aromatic rings. The minimum absolute atomic E-state index is 0.123. The normalized spacial score (nSPS) is 28.9. The molecular weight excluding hydrogens is 270 g/mol. The standard InChI is InChI=1S/C12H15NO7/c1-6(14)18-9-5-17-12(13-4)11(20-8(3)16)10(9)19-7(2)15/h9-12H,5H2,1-3H3/t9-,10+,11-,12-/m1/s1. The summed E-state index contributed by atoms with van der Waals surface area (Å²) in [6.45, 7) is 10.4. The summed E-state index contributed by atoms with van der Waals surface area (Å²) in [4.78, 5) is 36.5. The number of carbonyl (C=O) groups excluding carboxylic acids is 3. The summed E-state index contributed by atoms with van der Waals surface area (Å²) in [5, 5.41) is 0. The third-order valence-corrected chi connectivity index (χ3v) is 2.45. The van der Waals surface area contributed by atoms with Gasteiger partial charge in [-0.1, -0.05) is 0 Å². The maximum atomic E-state index is 11.1. The second-order valence-electron chi connectivity index (χ2n) is 4.15. The lowest BCUT2D eigenvalue weighted by atomic mass is 10.0. The molecule has 0 saturated carbocycles. The van der Waals surface area contributed by atoms with Crippen molar-refractivity contribution < 1.29 is 33.3 Å². The van der Waals surface area contributed by atoms with Gasteiger partial charge in [-0.05, 0) is 0 Å². The van der Waals surface area contributed by atoms with Crippen LogP contribution in [0.15, 0.2) is 0 Å². The summed E-state index contributed by atoms with van der Waals surface area (Å²) in [5.74, 6) is -1.90. The molecule has 0 aromatic carbocycles. The van der Waals surface area contributed by atoms with Crippen LogP contribution >= 0.6 is 0 Å². The molecule has 8 nitrogen and oxygen atoms in total. The quantitative estimate of drug-likeness (QED) is 0.411. The van der Waals surface area contributed by atoms with Crippen LogP contribution in [0, 0.1) is 6.57 Å². The first-order valence-corrected chi connectivity index (χ1v) is 5.85. The van der Waals surface area contributed by atoms with E-state index in [9.17, 15) is 14.4 Å². The lowest BCUT2D eigenvalue weighted by Gasteiger charge is -2.35. The van der Waals surface area contributed by atoms with Crippen LogP contribution in [0.3, 0.4) is 0 Å². The molecule has 110 valence electrons. The van der Waals surface area contributed by atoms with Crippen molar-refractivity contribution in [3.63, 3.8) is 0 Å². The highest BCUT2D eigenvalue weighted by Crippen LogP contribution is 2.25. The highest BCUT2D eigenvalue weighted by atomic mass is 16.6. The molecule has 1 aliphatic heterocycles. The highest BCUT2D eigenvalue weighted by Gasteiger charge is 2.50. The van der Waals surface area contributed by atoms with E-state index in [1.807, 2.05) is 0 Å². The molecule has 1 fully saturated rings. The van der Waals surface area contributed by atoms with Crippen molar-refractivity contribution in [2.24, 2.45) is 0 Å². The van der Waals surface area contributed by atoms with Gasteiger partial charge in [0.2, 0.25) is 6.10 Å². The molecule has 1 rings (SSSR count). The van der Waals surface area contributed by atoms with E-state index in [1.165, 1.54) is 6.92 Å². The number of carbonyl (C=O) groups is 3. The largest absolute Gasteiger partial charge is 0.456 e. The summed E-state index contributed by atoms with van der Waals surface area (Å²) in [6, 6.07) is 0. The molecule has 0 unspecified atom stereocenters. The highest BCUT2D eigenvalue weighted by molar-refractivity contribution is 5.68. The first-order valence-electron chi connectivity index (χ1n) is 5.85. The van der Waals surface area contributed by atoms with E-state index in [2.05, 4.69) is 4.85 Å². The van der Waals surface area contributed by atoms with Crippen molar-refractivity contribution in [2.75, 3.05) is 6.61 Å². The van der Waals surface area contributed by atoms with Gasteiger partial charge >= 0.3 is 24.1 Å².